The van der Waals surface area contributed by atoms with E-state index >= 15 is 0 Å². The van der Waals surface area contributed by atoms with E-state index < -0.39 is 10.0 Å². The monoisotopic (exact) mass is 487 g/mol. The first kappa shape index (κ1) is 20.8. The minimum Gasteiger partial charge on any atom is -0.335 e. The largest absolute Gasteiger partial charge is 0.335 e. The van der Waals surface area contributed by atoms with Gasteiger partial charge in [-0.1, -0.05) is 30.3 Å². The number of fused-ring (bicyclic) bond motifs is 3. The Morgan fingerprint density at radius 2 is 1.74 bits per heavy atom. The molecule has 10 heteroatoms. The minimum atomic E-state index is -3.52. The molecular formula is C25H25N7O2S. The number of piperazine rings is 1. The number of rotatable bonds is 6. The maximum absolute atomic E-state index is 13.2. The van der Waals surface area contributed by atoms with E-state index in [-0.39, 0.29) is 12.1 Å². The topological polar surface area (TPSA) is 107 Å². The summed E-state index contributed by atoms with van der Waals surface area (Å²) in [5.74, 6) is 2.65. The van der Waals surface area contributed by atoms with Gasteiger partial charge in [-0.25, -0.2) is 13.4 Å². The van der Waals surface area contributed by atoms with Gasteiger partial charge in [-0.2, -0.15) is 14.4 Å². The Labute approximate surface area is 203 Å². The highest BCUT2D eigenvalue weighted by molar-refractivity contribution is 7.89. The van der Waals surface area contributed by atoms with Gasteiger partial charge in [0, 0.05) is 48.2 Å². The number of aromatic amines is 1. The van der Waals surface area contributed by atoms with E-state index in [1.807, 2.05) is 30.3 Å². The first-order valence-electron chi connectivity index (χ1n) is 12.0. The van der Waals surface area contributed by atoms with Crippen LogP contribution in [0.15, 0.2) is 65.6 Å². The summed E-state index contributed by atoms with van der Waals surface area (Å²) in [7, 11) is -3.52. The molecular weight excluding hydrogens is 462 g/mol. The smallest absolute Gasteiger partial charge is 0.243 e. The van der Waals surface area contributed by atoms with Gasteiger partial charge in [-0.05, 0) is 43.5 Å². The molecule has 2 bridgehead atoms. The van der Waals surface area contributed by atoms with Crippen LogP contribution in [-0.4, -0.2) is 58.1 Å². The molecule has 3 fully saturated rings. The van der Waals surface area contributed by atoms with Gasteiger partial charge in [0.1, 0.15) is 5.82 Å². The fourth-order valence-electron chi connectivity index (χ4n) is 5.31. The van der Waals surface area contributed by atoms with Crippen LogP contribution < -0.4 is 10.2 Å². The lowest BCUT2D eigenvalue weighted by Crippen LogP contribution is -2.49. The van der Waals surface area contributed by atoms with Crippen molar-refractivity contribution in [2.75, 3.05) is 23.3 Å². The number of nitrogens with one attached hydrogen (secondary N) is 2. The van der Waals surface area contributed by atoms with Gasteiger partial charge in [-0.15, -0.1) is 0 Å². The van der Waals surface area contributed by atoms with Crippen LogP contribution in [0.3, 0.4) is 0 Å². The van der Waals surface area contributed by atoms with Crippen molar-refractivity contribution in [2.24, 2.45) is 0 Å². The highest BCUT2D eigenvalue weighted by atomic mass is 32.2. The lowest BCUT2D eigenvalue weighted by molar-refractivity contribution is 0.367. The predicted octanol–water partition coefficient (Wildman–Crippen LogP) is 3.63. The first-order chi connectivity index (χ1) is 17.1. The summed E-state index contributed by atoms with van der Waals surface area (Å²) in [4.78, 5) is 12.2. The van der Waals surface area contributed by atoms with E-state index in [2.05, 4.69) is 26.5 Å². The third kappa shape index (κ3) is 3.55. The molecule has 0 spiro atoms. The number of sulfonamides is 1. The Hall–Kier alpha value is -3.50. The molecule has 2 aromatic carbocycles. The molecule has 9 nitrogen and oxygen atoms in total. The van der Waals surface area contributed by atoms with E-state index in [4.69, 9.17) is 9.97 Å². The Morgan fingerprint density at radius 1 is 0.943 bits per heavy atom. The SMILES string of the molecule is O=S(=O)(c1ccccc1)N1CC2CC1CN2c1nc(Nc2cc(C3CC3)[nH]n2)c2ccccc2n1. The Balaban J connectivity index is 1.18. The van der Waals surface area contributed by atoms with Crippen LogP contribution in [-0.2, 0) is 10.0 Å². The fourth-order valence-corrected chi connectivity index (χ4v) is 7.00. The average molecular weight is 488 g/mol. The highest BCUT2D eigenvalue weighted by Crippen LogP contribution is 2.40. The van der Waals surface area contributed by atoms with Crippen LogP contribution in [0.2, 0.25) is 0 Å². The van der Waals surface area contributed by atoms with E-state index in [0.29, 0.717) is 35.7 Å². The maximum atomic E-state index is 13.2. The highest BCUT2D eigenvalue weighted by Gasteiger charge is 2.49. The predicted molar refractivity (Wildman–Crippen MR) is 133 cm³/mol. The number of hydrogen-bond acceptors (Lipinski definition) is 7. The van der Waals surface area contributed by atoms with Crippen LogP contribution in [0.25, 0.3) is 10.9 Å². The van der Waals surface area contributed by atoms with Gasteiger partial charge in [-0.3, -0.25) is 5.10 Å². The molecule has 2 atom stereocenters. The summed E-state index contributed by atoms with van der Waals surface area (Å²) >= 11 is 0. The van der Waals surface area contributed by atoms with Crippen molar-refractivity contribution in [1.29, 1.82) is 0 Å². The summed E-state index contributed by atoms with van der Waals surface area (Å²) in [5, 5.41) is 11.9. The third-order valence-corrected chi connectivity index (χ3v) is 9.18. The number of H-pyrrole nitrogens is 1. The Kier molecular flexibility index (Phi) is 4.62. The van der Waals surface area contributed by atoms with Crippen molar-refractivity contribution in [3.8, 4) is 0 Å². The normalized spacial score (nSPS) is 22.2. The van der Waals surface area contributed by atoms with Crippen molar-refractivity contribution in [3.63, 3.8) is 0 Å². The molecule has 0 radical (unpaired) electrons. The van der Waals surface area contributed by atoms with Crippen LogP contribution in [0.5, 0.6) is 0 Å². The Morgan fingerprint density at radius 3 is 2.51 bits per heavy atom. The molecule has 3 aliphatic rings. The molecule has 2 saturated heterocycles. The zero-order valence-corrected chi connectivity index (χ0v) is 19.8. The summed E-state index contributed by atoms with van der Waals surface area (Å²) in [6.45, 7) is 1.01. The second kappa shape index (κ2) is 7.76. The van der Waals surface area contributed by atoms with Crippen molar-refractivity contribution >= 4 is 38.5 Å². The first-order valence-corrected chi connectivity index (χ1v) is 13.4. The number of para-hydroxylation sites is 1. The van der Waals surface area contributed by atoms with Crippen LogP contribution in [0.4, 0.5) is 17.6 Å². The van der Waals surface area contributed by atoms with Crippen LogP contribution in [0, 0.1) is 0 Å². The lowest BCUT2D eigenvalue weighted by atomic mass is 10.2. The minimum absolute atomic E-state index is 0.0411. The second-order valence-corrected chi connectivity index (χ2v) is 11.5. The number of nitrogens with zero attached hydrogens (tertiary/aromatic N) is 5. The van der Waals surface area contributed by atoms with Gasteiger partial charge in [0.2, 0.25) is 16.0 Å². The van der Waals surface area contributed by atoms with Crippen LogP contribution >= 0.6 is 0 Å². The zero-order valence-electron chi connectivity index (χ0n) is 19.0. The standard InChI is InChI=1S/C25H25N7O2S/c33-35(34,19-6-2-1-3-7-19)32-15-17-12-18(32)14-31(17)25-26-21-9-5-4-8-20(21)24(28-25)27-23-13-22(29-30-23)16-10-11-16/h1-9,13,16-18H,10-12,14-15H2,(H2,26,27,28,29,30). The molecule has 178 valence electrons. The molecule has 2 unspecified atom stereocenters. The molecule has 2 N–H and O–H groups in total. The molecule has 4 aromatic rings. The van der Waals surface area contributed by atoms with E-state index in [0.717, 1.165) is 28.8 Å². The summed E-state index contributed by atoms with van der Waals surface area (Å²) < 4.78 is 28.1. The number of benzene rings is 2. The Bertz CT molecular complexity index is 1520. The molecule has 2 aromatic heterocycles. The van der Waals surface area contributed by atoms with E-state index in [1.165, 1.54) is 12.8 Å². The molecule has 0 amide bonds. The molecule has 2 aliphatic heterocycles. The summed E-state index contributed by atoms with van der Waals surface area (Å²) in [5.41, 5.74) is 2.00. The van der Waals surface area contributed by atoms with Crippen molar-refractivity contribution in [3.05, 3.63) is 66.4 Å². The molecule has 4 heterocycles. The number of aromatic nitrogens is 4. The van der Waals surface area contributed by atoms with E-state index in [9.17, 15) is 8.42 Å². The maximum Gasteiger partial charge on any atom is 0.243 e. The van der Waals surface area contributed by atoms with Gasteiger partial charge in [0.25, 0.3) is 0 Å². The quantitative estimate of drug-likeness (QED) is 0.428. The lowest BCUT2D eigenvalue weighted by Gasteiger charge is -2.33. The molecule has 1 saturated carbocycles. The van der Waals surface area contributed by atoms with Gasteiger partial charge < -0.3 is 10.2 Å². The molecule has 35 heavy (non-hydrogen) atoms. The van der Waals surface area contributed by atoms with Crippen molar-refractivity contribution in [2.45, 2.75) is 42.2 Å². The van der Waals surface area contributed by atoms with Crippen molar-refractivity contribution < 1.29 is 8.42 Å². The third-order valence-electron chi connectivity index (χ3n) is 7.25. The van der Waals surface area contributed by atoms with Gasteiger partial charge >= 0.3 is 0 Å². The fraction of sp³-hybridized carbons (Fsp3) is 0.320. The van der Waals surface area contributed by atoms with Crippen LogP contribution in [0.1, 0.15) is 30.9 Å². The van der Waals surface area contributed by atoms with Gasteiger partial charge in [0.05, 0.1) is 10.4 Å². The summed E-state index contributed by atoms with van der Waals surface area (Å²) in [6, 6.07) is 18.6. The zero-order chi connectivity index (χ0) is 23.6. The molecule has 1 aliphatic carbocycles. The average Bonchev–Trinajstić information content (AvgIpc) is 3.29. The van der Waals surface area contributed by atoms with Gasteiger partial charge in [0.15, 0.2) is 5.82 Å². The van der Waals surface area contributed by atoms with Crippen molar-refractivity contribution in [1.82, 2.24) is 24.5 Å². The molecule has 7 rings (SSSR count). The number of hydrogen-bond donors (Lipinski definition) is 2. The van der Waals surface area contributed by atoms with E-state index in [1.54, 1.807) is 28.6 Å². The number of anilines is 3. The summed E-state index contributed by atoms with van der Waals surface area (Å²) in [6.07, 6.45) is 3.18. The second-order valence-electron chi connectivity index (χ2n) is 9.58.